The molecule has 1 saturated heterocycles. The summed E-state index contributed by atoms with van der Waals surface area (Å²) < 4.78 is 11.1. The molecule has 0 spiro atoms. The van der Waals surface area contributed by atoms with Gasteiger partial charge in [-0.2, -0.15) is 0 Å². The molecule has 1 aromatic carbocycles. The highest BCUT2D eigenvalue weighted by molar-refractivity contribution is 5.77. The molecule has 0 radical (unpaired) electrons. The van der Waals surface area contributed by atoms with E-state index in [4.69, 9.17) is 9.47 Å². The number of para-hydroxylation sites is 1. The van der Waals surface area contributed by atoms with E-state index in [1.54, 1.807) is 0 Å². The van der Waals surface area contributed by atoms with Gasteiger partial charge in [-0.1, -0.05) is 32.0 Å². The summed E-state index contributed by atoms with van der Waals surface area (Å²) in [5.41, 5.74) is 0.867. The number of carbonyl (C=O) groups excluding carboxylic acids is 1. The van der Waals surface area contributed by atoms with Gasteiger partial charge in [-0.05, 0) is 36.8 Å². The smallest absolute Gasteiger partial charge is 0.257 e. The van der Waals surface area contributed by atoms with Gasteiger partial charge in [0.25, 0.3) is 5.91 Å². The summed E-state index contributed by atoms with van der Waals surface area (Å²) in [5.74, 6) is 1.00. The Kier molecular flexibility index (Phi) is 7.06. The summed E-state index contributed by atoms with van der Waals surface area (Å²) >= 11 is 0. The van der Waals surface area contributed by atoms with Gasteiger partial charge in [-0.3, -0.25) is 4.79 Å². The lowest BCUT2D eigenvalue weighted by atomic mass is 9.81. The van der Waals surface area contributed by atoms with Crippen molar-refractivity contribution < 1.29 is 19.4 Å². The summed E-state index contributed by atoms with van der Waals surface area (Å²) in [4.78, 5) is 12.1. The zero-order valence-electron chi connectivity index (χ0n) is 14.7. The standard InChI is InChI=1S/C19H29NO4/c1-3-15(2)16-6-4-5-7-17(16)24-12-18(22)20-13-19(14-21)8-10-23-11-9-19/h4-7,15,21H,3,8-14H2,1-2H3,(H,20,22)/t15-/m0/s1. The Morgan fingerprint density at radius 2 is 2.08 bits per heavy atom. The largest absolute Gasteiger partial charge is 0.483 e. The van der Waals surface area contributed by atoms with E-state index in [0.717, 1.165) is 30.6 Å². The van der Waals surface area contributed by atoms with Crippen molar-refractivity contribution >= 4 is 5.91 Å². The van der Waals surface area contributed by atoms with Gasteiger partial charge < -0.3 is 19.9 Å². The van der Waals surface area contributed by atoms with Crippen LogP contribution in [0, 0.1) is 5.41 Å². The van der Waals surface area contributed by atoms with Crippen molar-refractivity contribution in [1.82, 2.24) is 5.32 Å². The summed E-state index contributed by atoms with van der Waals surface area (Å²) in [6.45, 7) is 6.07. The summed E-state index contributed by atoms with van der Waals surface area (Å²) in [5, 5.41) is 12.5. The molecule has 1 fully saturated rings. The molecule has 1 aliphatic rings. The molecule has 0 bridgehead atoms. The first kappa shape index (κ1) is 18.7. The second kappa shape index (κ2) is 9.04. The first-order valence-corrected chi connectivity index (χ1v) is 8.77. The van der Waals surface area contributed by atoms with E-state index in [2.05, 4.69) is 19.2 Å². The fourth-order valence-corrected chi connectivity index (χ4v) is 2.91. The van der Waals surface area contributed by atoms with Crippen molar-refractivity contribution in [3.05, 3.63) is 29.8 Å². The lowest BCUT2D eigenvalue weighted by Gasteiger charge is -2.35. The average Bonchev–Trinajstić information content (AvgIpc) is 2.65. The molecule has 134 valence electrons. The van der Waals surface area contributed by atoms with Gasteiger partial charge in [-0.25, -0.2) is 0 Å². The van der Waals surface area contributed by atoms with Crippen LogP contribution in [0.1, 0.15) is 44.6 Å². The Hall–Kier alpha value is -1.59. The number of hydrogen-bond donors (Lipinski definition) is 2. The van der Waals surface area contributed by atoms with Crippen molar-refractivity contribution in [2.75, 3.05) is 33.0 Å². The number of aliphatic hydroxyl groups excluding tert-OH is 1. The molecule has 1 amide bonds. The number of nitrogens with one attached hydrogen (secondary N) is 1. The number of carbonyl (C=O) groups is 1. The van der Waals surface area contributed by atoms with Crippen molar-refractivity contribution in [3.8, 4) is 5.75 Å². The first-order valence-electron chi connectivity index (χ1n) is 8.77. The molecule has 2 N–H and O–H groups in total. The van der Waals surface area contributed by atoms with Crippen LogP contribution in [-0.2, 0) is 9.53 Å². The van der Waals surface area contributed by atoms with Gasteiger partial charge in [0.1, 0.15) is 5.75 Å². The Morgan fingerprint density at radius 1 is 1.38 bits per heavy atom. The summed E-state index contributed by atoms with van der Waals surface area (Å²) in [6.07, 6.45) is 2.55. The van der Waals surface area contributed by atoms with Crippen molar-refractivity contribution in [3.63, 3.8) is 0 Å². The lowest BCUT2D eigenvalue weighted by molar-refractivity contribution is -0.124. The molecule has 24 heavy (non-hydrogen) atoms. The van der Waals surface area contributed by atoms with Crippen LogP contribution in [0.25, 0.3) is 0 Å². The number of benzene rings is 1. The predicted octanol–water partition coefficient (Wildman–Crippen LogP) is 2.48. The van der Waals surface area contributed by atoms with Crippen LogP contribution in [0.4, 0.5) is 0 Å². The monoisotopic (exact) mass is 335 g/mol. The third-order valence-corrected chi connectivity index (χ3v) is 4.97. The normalized spacial score (nSPS) is 18.0. The van der Waals surface area contributed by atoms with E-state index in [1.807, 2.05) is 24.3 Å². The lowest BCUT2D eigenvalue weighted by Crippen LogP contribution is -2.44. The zero-order valence-corrected chi connectivity index (χ0v) is 14.7. The first-order chi connectivity index (χ1) is 11.6. The summed E-state index contributed by atoms with van der Waals surface area (Å²) in [6, 6.07) is 7.86. The quantitative estimate of drug-likeness (QED) is 0.766. The average molecular weight is 335 g/mol. The molecule has 5 heteroatoms. The fraction of sp³-hybridized carbons (Fsp3) is 0.632. The predicted molar refractivity (Wildman–Crippen MR) is 93.2 cm³/mol. The van der Waals surface area contributed by atoms with E-state index >= 15 is 0 Å². The maximum Gasteiger partial charge on any atom is 0.257 e. The third-order valence-electron chi connectivity index (χ3n) is 4.97. The molecule has 1 atom stereocenters. The van der Waals surface area contributed by atoms with Crippen molar-refractivity contribution in [2.45, 2.75) is 39.0 Å². The van der Waals surface area contributed by atoms with E-state index in [1.165, 1.54) is 0 Å². The number of amides is 1. The van der Waals surface area contributed by atoms with Crippen LogP contribution < -0.4 is 10.1 Å². The van der Waals surface area contributed by atoms with E-state index in [0.29, 0.717) is 25.7 Å². The highest BCUT2D eigenvalue weighted by Gasteiger charge is 2.32. The molecule has 0 aliphatic carbocycles. The Labute approximate surface area is 144 Å². The molecule has 0 unspecified atom stereocenters. The number of ether oxygens (including phenoxy) is 2. The zero-order chi connectivity index (χ0) is 17.4. The van der Waals surface area contributed by atoms with Crippen molar-refractivity contribution in [1.29, 1.82) is 0 Å². The molecule has 1 aromatic rings. The van der Waals surface area contributed by atoms with Crippen LogP contribution in [0.3, 0.4) is 0 Å². The molecule has 5 nitrogen and oxygen atoms in total. The number of hydrogen-bond acceptors (Lipinski definition) is 4. The van der Waals surface area contributed by atoms with Gasteiger partial charge in [-0.15, -0.1) is 0 Å². The molecule has 1 heterocycles. The van der Waals surface area contributed by atoms with Crippen LogP contribution in [-0.4, -0.2) is 44.0 Å². The molecule has 1 aliphatic heterocycles. The van der Waals surface area contributed by atoms with Crippen LogP contribution in [0.5, 0.6) is 5.75 Å². The molecular formula is C19H29NO4. The maximum atomic E-state index is 12.1. The number of rotatable bonds is 8. The highest BCUT2D eigenvalue weighted by atomic mass is 16.5. The van der Waals surface area contributed by atoms with Crippen LogP contribution in [0.15, 0.2) is 24.3 Å². The topological polar surface area (TPSA) is 67.8 Å². The second-order valence-electron chi connectivity index (χ2n) is 6.68. The van der Waals surface area contributed by atoms with Crippen LogP contribution in [0.2, 0.25) is 0 Å². The van der Waals surface area contributed by atoms with Crippen molar-refractivity contribution in [2.24, 2.45) is 5.41 Å². The Bertz CT molecular complexity index is 526. The van der Waals surface area contributed by atoms with Crippen LogP contribution >= 0.6 is 0 Å². The molecule has 2 rings (SSSR count). The molecule has 0 saturated carbocycles. The minimum absolute atomic E-state index is 0.00848. The number of aliphatic hydroxyl groups is 1. The summed E-state index contributed by atoms with van der Waals surface area (Å²) in [7, 11) is 0. The SMILES string of the molecule is CC[C@H](C)c1ccccc1OCC(=O)NCC1(CO)CCOCC1. The van der Waals surface area contributed by atoms with E-state index in [-0.39, 0.29) is 24.5 Å². The minimum atomic E-state index is -0.261. The van der Waals surface area contributed by atoms with Gasteiger partial charge >= 0.3 is 0 Å². The Morgan fingerprint density at radius 3 is 2.75 bits per heavy atom. The van der Waals surface area contributed by atoms with E-state index in [9.17, 15) is 9.90 Å². The van der Waals surface area contributed by atoms with Gasteiger partial charge in [0.2, 0.25) is 0 Å². The maximum absolute atomic E-state index is 12.1. The fourth-order valence-electron chi connectivity index (χ4n) is 2.91. The van der Waals surface area contributed by atoms with Gasteiger partial charge in [0.15, 0.2) is 6.61 Å². The van der Waals surface area contributed by atoms with E-state index < -0.39 is 0 Å². The highest BCUT2D eigenvalue weighted by Crippen LogP contribution is 2.29. The second-order valence-corrected chi connectivity index (χ2v) is 6.68. The molecule has 0 aromatic heterocycles. The third kappa shape index (κ3) is 4.95. The van der Waals surface area contributed by atoms with Gasteiger partial charge in [0.05, 0.1) is 6.61 Å². The minimum Gasteiger partial charge on any atom is -0.483 e. The Balaban J connectivity index is 1.85. The van der Waals surface area contributed by atoms with Gasteiger partial charge in [0, 0.05) is 25.2 Å². The molecular weight excluding hydrogens is 306 g/mol.